The van der Waals surface area contributed by atoms with Crippen molar-refractivity contribution in [2.45, 2.75) is 0 Å². The first kappa shape index (κ1) is 12.5. The van der Waals surface area contributed by atoms with Crippen LogP contribution in [0.5, 0.6) is 0 Å². The van der Waals surface area contributed by atoms with Crippen LogP contribution < -0.4 is 5.73 Å². The zero-order valence-electron chi connectivity index (χ0n) is 9.21. The average molecular weight is 241 g/mol. The van der Waals surface area contributed by atoms with Crippen molar-refractivity contribution in [3.63, 3.8) is 0 Å². The van der Waals surface area contributed by atoms with E-state index in [-0.39, 0.29) is 5.96 Å². The molecule has 1 rings (SSSR count). The highest BCUT2D eigenvalue weighted by molar-refractivity contribution is 5.96. The lowest BCUT2D eigenvalue weighted by atomic mass is 10.5. The monoisotopic (exact) mass is 241 g/mol. The number of nitrogens with zero attached hydrogens (tertiary/aromatic N) is 3. The molecule has 17 heavy (non-hydrogen) atoms. The van der Waals surface area contributed by atoms with E-state index in [9.17, 15) is 9.59 Å². The Kier molecular flexibility index (Phi) is 3.65. The Morgan fingerprint density at radius 1 is 1.35 bits per heavy atom. The Balaban J connectivity index is 2.82. The van der Waals surface area contributed by atoms with E-state index in [1.165, 1.54) is 4.90 Å². The number of guanidine groups is 2. The standard InChI is InChI=1S/C8H11N5O4/c1-12(2)7(9)11-8(10)13-16-5(14)3-4-6(15)17-13/h3-4H,1-2H3,(H3,9,10,11). The minimum absolute atomic E-state index is 0.202. The van der Waals surface area contributed by atoms with Crippen molar-refractivity contribution in [3.8, 4) is 0 Å². The fourth-order valence-electron chi connectivity index (χ4n) is 0.722. The number of nitrogens with two attached hydrogens (primary N) is 1. The molecule has 0 saturated heterocycles. The Morgan fingerprint density at radius 3 is 2.24 bits per heavy atom. The molecule has 1 heterocycles. The minimum Gasteiger partial charge on any atom is -0.364 e. The molecule has 0 aromatic rings. The zero-order valence-corrected chi connectivity index (χ0v) is 9.21. The van der Waals surface area contributed by atoms with Crippen LogP contribution in [-0.4, -0.2) is 48.1 Å². The van der Waals surface area contributed by atoms with Gasteiger partial charge in [0.2, 0.25) is 5.96 Å². The summed E-state index contributed by atoms with van der Waals surface area (Å²) in [5.41, 5.74) is 5.41. The molecule has 0 spiro atoms. The molecule has 1 aliphatic heterocycles. The highest BCUT2D eigenvalue weighted by Crippen LogP contribution is 2.01. The summed E-state index contributed by atoms with van der Waals surface area (Å²) in [5, 5.41) is 7.73. The van der Waals surface area contributed by atoms with Gasteiger partial charge in [-0.25, -0.2) is 9.59 Å². The molecule has 0 amide bonds. The molecule has 0 bridgehead atoms. The summed E-state index contributed by atoms with van der Waals surface area (Å²) in [7, 11) is 3.14. The number of hydroxylamine groups is 2. The van der Waals surface area contributed by atoms with Gasteiger partial charge in [-0.15, -0.1) is 0 Å². The Morgan fingerprint density at radius 2 is 1.82 bits per heavy atom. The third-order valence-electron chi connectivity index (χ3n) is 1.53. The number of rotatable bonds is 0. The van der Waals surface area contributed by atoms with Crippen LogP contribution in [0.1, 0.15) is 0 Å². The van der Waals surface area contributed by atoms with E-state index >= 15 is 0 Å². The first-order valence-electron chi connectivity index (χ1n) is 4.42. The van der Waals surface area contributed by atoms with Gasteiger partial charge in [-0.2, -0.15) is 4.99 Å². The number of carbonyl (C=O) groups is 2. The lowest BCUT2D eigenvalue weighted by Gasteiger charge is -2.17. The molecule has 0 aliphatic carbocycles. The van der Waals surface area contributed by atoms with Crippen LogP contribution in [0.25, 0.3) is 0 Å². The second-order valence-electron chi connectivity index (χ2n) is 3.10. The Hall–Kier alpha value is -2.58. The van der Waals surface area contributed by atoms with Gasteiger partial charge in [0, 0.05) is 31.5 Å². The van der Waals surface area contributed by atoms with Crippen LogP contribution in [0, 0.1) is 5.41 Å². The molecule has 0 atom stereocenters. The van der Waals surface area contributed by atoms with Crippen molar-refractivity contribution in [1.82, 2.24) is 10.1 Å². The summed E-state index contributed by atoms with van der Waals surface area (Å²) in [6.45, 7) is 0. The molecule has 3 N–H and O–H groups in total. The molecule has 0 aromatic carbocycles. The fourth-order valence-corrected chi connectivity index (χ4v) is 0.722. The largest absolute Gasteiger partial charge is 0.364 e. The number of carbonyl (C=O) groups excluding carboxylic acids is 2. The number of hydrogen-bond donors (Lipinski definition) is 2. The van der Waals surface area contributed by atoms with Crippen molar-refractivity contribution in [3.05, 3.63) is 12.2 Å². The first-order chi connectivity index (χ1) is 7.90. The second-order valence-corrected chi connectivity index (χ2v) is 3.10. The van der Waals surface area contributed by atoms with Gasteiger partial charge < -0.3 is 10.6 Å². The normalized spacial score (nSPS) is 16.1. The second kappa shape index (κ2) is 4.96. The first-order valence-corrected chi connectivity index (χ1v) is 4.42. The summed E-state index contributed by atoms with van der Waals surface area (Å²) < 4.78 is 0. The van der Waals surface area contributed by atoms with Crippen LogP contribution in [0.15, 0.2) is 17.1 Å². The Labute approximate surface area is 96.5 Å². The summed E-state index contributed by atoms with van der Waals surface area (Å²) >= 11 is 0. The van der Waals surface area contributed by atoms with E-state index in [2.05, 4.69) is 14.7 Å². The van der Waals surface area contributed by atoms with Gasteiger partial charge in [-0.3, -0.25) is 15.1 Å². The summed E-state index contributed by atoms with van der Waals surface area (Å²) in [6, 6.07) is 0. The number of nitrogens with one attached hydrogen (secondary N) is 1. The van der Waals surface area contributed by atoms with Gasteiger partial charge in [0.15, 0.2) is 0 Å². The van der Waals surface area contributed by atoms with Crippen molar-refractivity contribution in [2.75, 3.05) is 14.1 Å². The van der Waals surface area contributed by atoms with Gasteiger partial charge in [-0.05, 0) is 0 Å². The van der Waals surface area contributed by atoms with Crippen molar-refractivity contribution >= 4 is 23.9 Å². The third kappa shape index (κ3) is 3.48. The average Bonchev–Trinajstić information content (AvgIpc) is 2.40. The predicted molar refractivity (Wildman–Crippen MR) is 56.2 cm³/mol. The van der Waals surface area contributed by atoms with E-state index in [1.807, 2.05) is 0 Å². The van der Waals surface area contributed by atoms with E-state index < -0.39 is 17.9 Å². The minimum atomic E-state index is -0.842. The van der Waals surface area contributed by atoms with E-state index in [0.29, 0.717) is 5.23 Å². The maximum absolute atomic E-state index is 11.0. The van der Waals surface area contributed by atoms with E-state index in [4.69, 9.17) is 11.1 Å². The van der Waals surface area contributed by atoms with Crippen LogP contribution in [0.4, 0.5) is 0 Å². The molecule has 0 saturated carbocycles. The van der Waals surface area contributed by atoms with Crippen molar-refractivity contribution < 1.29 is 19.3 Å². The van der Waals surface area contributed by atoms with E-state index in [0.717, 1.165) is 12.2 Å². The van der Waals surface area contributed by atoms with Gasteiger partial charge in [0.25, 0.3) is 5.96 Å². The molecule has 9 heteroatoms. The van der Waals surface area contributed by atoms with E-state index in [1.54, 1.807) is 14.1 Å². The molecule has 0 unspecified atom stereocenters. The quantitative estimate of drug-likeness (QED) is 0.394. The summed E-state index contributed by atoms with van der Waals surface area (Å²) in [6.07, 6.45) is 1.76. The van der Waals surface area contributed by atoms with Crippen LogP contribution in [0.3, 0.4) is 0 Å². The molecule has 0 fully saturated rings. The van der Waals surface area contributed by atoms with Gasteiger partial charge in [0.1, 0.15) is 0 Å². The zero-order chi connectivity index (χ0) is 13.0. The van der Waals surface area contributed by atoms with Crippen molar-refractivity contribution in [2.24, 2.45) is 10.7 Å². The summed E-state index contributed by atoms with van der Waals surface area (Å²) in [4.78, 5) is 36.0. The molecule has 0 aromatic heterocycles. The van der Waals surface area contributed by atoms with Crippen LogP contribution >= 0.6 is 0 Å². The van der Waals surface area contributed by atoms with Crippen LogP contribution in [-0.2, 0) is 19.3 Å². The molecular weight excluding hydrogens is 230 g/mol. The predicted octanol–water partition coefficient (Wildman–Crippen LogP) is -1.41. The molecule has 1 aliphatic rings. The lowest BCUT2D eigenvalue weighted by molar-refractivity contribution is -0.274. The van der Waals surface area contributed by atoms with Gasteiger partial charge in [-0.1, -0.05) is 0 Å². The van der Waals surface area contributed by atoms with Gasteiger partial charge >= 0.3 is 11.9 Å². The maximum atomic E-state index is 11.0. The smallest absolute Gasteiger partial charge is 0.360 e. The van der Waals surface area contributed by atoms with Crippen molar-refractivity contribution in [1.29, 1.82) is 5.41 Å². The fraction of sp³-hybridized carbons (Fsp3) is 0.250. The molecular formula is C8H11N5O4. The molecule has 92 valence electrons. The highest BCUT2D eigenvalue weighted by atomic mass is 17.0. The molecule has 9 nitrogen and oxygen atoms in total. The topological polar surface area (TPSA) is 121 Å². The number of hydrogen-bond acceptors (Lipinski definition) is 5. The van der Waals surface area contributed by atoms with Crippen LogP contribution in [0.2, 0.25) is 0 Å². The van der Waals surface area contributed by atoms with Gasteiger partial charge in [0.05, 0.1) is 0 Å². The summed E-state index contributed by atoms with van der Waals surface area (Å²) in [5.74, 6) is -2.34. The highest BCUT2D eigenvalue weighted by Gasteiger charge is 2.21. The number of aliphatic imine (C=N–C) groups is 1. The maximum Gasteiger partial charge on any atom is 0.360 e. The lowest BCUT2D eigenvalue weighted by Crippen LogP contribution is -2.40. The third-order valence-corrected chi connectivity index (χ3v) is 1.53. The SMILES string of the molecule is CN(C)C(=N)/N=C(\N)N1OC(=O)C=CC(=O)O1. The molecule has 0 radical (unpaired) electrons. The Bertz CT molecular complexity index is 394.